The zero-order chi connectivity index (χ0) is 17.8. The molecule has 1 amide bonds. The highest BCUT2D eigenvalue weighted by Crippen LogP contribution is 2.22. The van der Waals surface area contributed by atoms with Crippen molar-refractivity contribution in [2.45, 2.75) is 12.6 Å². The van der Waals surface area contributed by atoms with Gasteiger partial charge in [0, 0.05) is 11.4 Å². The van der Waals surface area contributed by atoms with Crippen LogP contribution in [0, 0.1) is 0 Å². The van der Waals surface area contributed by atoms with Gasteiger partial charge < -0.3 is 10.2 Å². The van der Waals surface area contributed by atoms with Crippen LogP contribution in [0.15, 0.2) is 52.9 Å². The second kappa shape index (κ2) is 7.58. The molecule has 2 aromatic heterocycles. The maximum Gasteiger partial charge on any atom is 0.261 e. The normalized spacial score (nSPS) is 12.4. The van der Waals surface area contributed by atoms with Crippen LogP contribution in [-0.4, -0.2) is 41.0 Å². The molecule has 1 atom stereocenters. The minimum Gasteiger partial charge on any atom is -0.353 e. The third-order valence-corrected chi connectivity index (χ3v) is 5.01. The molecule has 0 saturated heterocycles. The molecular formula is C18H20N4O2S. The zero-order valence-electron chi connectivity index (χ0n) is 14.2. The second-order valence-electron chi connectivity index (χ2n) is 5.99. The van der Waals surface area contributed by atoms with Crippen molar-refractivity contribution in [3.63, 3.8) is 0 Å². The highest BCUT2D eigenvalue weighted by molar-refractivity contribution is 7.10. The number of hydrogen-bond acceptors (Lipinski definition) is 5. The Bertz CT molecular complexity index is 918. The monoisotopic (exact) mass is 356 g/mol. The second-order valence-corrected chi connectivity index (χ2v) is 6.97. The molecule has 0 bridgehead atoms. The van der Waals surface area contributed by atoms with Crippen LogP contribution in [0.2, 0.25) is 0 Å². The van der Waals surface area contributed by atoms with Gasteiger partial charge in [0.15, 0.2) is 0 Å². The fourth-order valence-corrected chi connectivity index (χ4v) is 3.58. The van der Waals surface area contributed by atoms with E-state index in [4.69, 9.17) is 0 Å². The van der Waals surface area contributed by atoms with Gasteiger partial charge in [-0.05, 0) is 37.7 Å². The van der Waals surface area contributed by atoms with E-state index in [1.165, 1.54) is 15.8 Å². The molecule has 0 radical (unpaired) electrons. The standard InChI is InChI=1S/C18H20N4O2S/c1-21(2)15(16-8-5-9-25-16)10-19-17(23)11-22-12-20-14-7-4-3-6-13(14)18(22)24/h3-9,12,15H,10-11H2,1-2H3,(H,19,23). The van der Waals surface area contributed by atoms with Gasteiger partial charge in [-0.15, -0.1) is 11.3 Å². The van der Waals surface area contributed by atoms with Crippen molar-refractivity contribution in [2.75, 3.05) is 20.6 Å². The number of rotatable bonds is 6. The van der Waals surface area contributed by atoms with Gasteiger partial charge in [0.25, 0.3) is 5.56 Å². The van der Waals surface area contributed by atoms with Crippen molar-refractivity contribution in [3.05, 3.63) is 63.3 Å². The molecule has 7 heteroatoms. The predicted octanol–water partition coefficient (Wildman–Crippen LogP) is 1.88. The first-order chi connectivity index (χ1) is 12.1. The van der Waals surface area contributed by atoms with Crippen LogP contribution < -0.4 is 10.9 Å². The van der Waals surface area contributed by atoms with Crippen LogP contribution >= 0.6 is 11.3 Å². The van der Waals surface area contributed by atoms with E-state index in [0.29, 0.717) is 17.4 Å². The molecule has 0 spiro atoms. The fraction of sp³-hybridized carbons (Fsp3) is 0.278. The highest BCUT2D eigenvalue weighted by atomic mass is 32.1. The van der Waals surface area contributed by atoms with E-state index in [-0.39, 0.29) is 24.1 Å². The molecule has 6 nitrogen and oxygen atoms in total. The molecule has 3 aromatic rings. The summed E-state index contributed by atoms with van der Waals surface area (Å²) in [5.74, 6) is -0.206. The van der Waals surface area contributed by atoms with Crippen molar-refractivity contribution < 1.29 is 4.79 Å². The topological polar surface area (TPSA) is 67.2 Å². The van der Waals surface area contributed by atoms with Crippen molar-refractivity contribution >= 4 is 28.1 Å². The lowest BCUT2D eigenvalue weighted by Crippen LogP contribution is -2.37. The Balaban J connectivity index is 1.68. The minimum atomic E-state index is -0.206. The van der Waals surface area contributed by atoms with Gasteiger partial charge in [-0.1, -0.05) is 18.2 Å². The Labute approximate surface area is 149 Å². The summed E-state index contributed by atoms with van der Waals surface area (Å²) in [6.07, 6.45) is 1.42. The third-order valence-electron chi connectivity index (χ3n) is 4.03. The number of hydrogen-bond donors (Lipinski definition) is 1. The first-order valence-corrected chi connectivity index (χ1v) is 8.85. The summed E-state index contributed by atoms with van der Waals surface area (Å²) in [6, 6.07) is 11.3. The van der Waals surface area contributed by atoms with Gasteiger partial charge >= 0.3 is 0 Å². The van der Waals surface area contributed by atoms with Crippen molar-refractivity contribution in [2.24, 2.45) is 0 Å². The molecule has 1 aromatic carbocycles. The van der Waals surface area contributed by atoms with Gasteiger partial charge in [0.2, 0.25) is 5.91 Å². The maximum atomic E-state index is 12.4. The van der Waals surface area contributed by atoms with E-state index in [9.17, 15) is 9.59 Å². The maximum absolute atomic E-state index is 12.4. The smallest absolute Gasteiger partial charge is 0.261 e. The number of likely N-dealkylation sites (N-methyl/N-ethyl adjacent to an activating group) is 1. The molecule has 0 fully saturated rings. The van der Waals surface area contributed by atoms with Crippen LogP contribution in [-0.2, 0) is 11.3 Å². The van der Waals surface area contributed by atoms with E-state index >= 15 is 0 Å². The number of amides is 1. The highest BCUT2D eigenvalue weighted by Gasteiger charge is 2.16. The first-order valence-electron chi connectivity index (χ1n) is 7.97. The lowest BCUT2D eigenvalue weighted by atomic mass is 10.2. The number of para-hydroxylation sites is 1. The first kappa shape index (κ1) is 17.3. The molecule has 3 rings (SSSR count). The molecule has 2 heterocycles. The SMILES string of the molecule is CN(C)C(CNC(=O)Cn1cnc2ccccc2c1=O)c1cccs1. The average Bonchev–Trinajstić information content (AvgIpc) is 3.12. The fourth-order valence-electron chi connectivity index (χ4n) is 2.66. The lowest BCUT2D eigenvalue weighted by molar-refractivity contribution is -0.121. The lowest BCUT2D eigenvalue weighted by Gasteiger charge is -2.23. The largest absolute Gasteiger partial charge is 0.353 e. The molecule has 130 valence electrons. The Morgan fingerprint density at radius 3 is 2.80 bits per heavy atom. The number of fused-ring (bicyclic) bond motifs is 1. The van der Waals surface area contributed by atoms with Gasteiger partial charge in [-0.2, -0.15) is 0 Å². The summed E-state index contributed by atoms with van der Waals surface area (Å²) in [6.45, 7) is 0.448. The Kier molecular flexibility index (Phi) is 5.25. The van der Waals surface area contributed by atoms with E-state index in [1.807, 2.05) is 31.6 Å². The van der Waals surface area contributed by atoms with E-state index < -0.39 is 0 Å². The third kappa shape index (κ3) is 3.94. The molecule has 25 heavy (non-hydrogen) atoms. The molecule has 0 aliphatic rings. The molecule has 1 unspecified atom stereocenters. The summed E-state index contributed by atoms with van der Waals surface area (Å²) in [5, 5.41) is 5.45. The number of nitrogens with zero attached hydrogens (tertiary/aromatic N) is 3. The van der Waals surface area contributed by atoms with Crippen molar-refractivity contribution in [1.29, 1.82) is 0 Å². The van der Waals surface area contributed by atoms with Crippen LogP contribution in [0.4, 0.5) is 0 Å². The summed E-state index contributed by atoms with van der Waals surface area (Å²) >= 11 is 1.66. The number of thiophene rings is 1. The minimum absolute atomic E-state index is 0.0404. The van der Waals surface area contributed by atoms with Gasteiger partial charge in [-0.25, -0.2) is 4.98 Å². The van der Waals surface area contributed by atoms with Crippen molar-refractivity contribution in [1.82, 2.24) is 19.8 Å². The summed E-state index contributed by atoms with van der Waals surface area (Å²) in [7, 11) is 3.96. The molecular weight excluding hydrogens is 336 g/mol. The van der Waals surface area contributed by atoms with E-state index in [1.54, 1.807) is 29.5 Å². The number of nitrogens with one attached hydrogen (secondary N) is 1. The van der Waals surface area contributed by atoms with Crippen LogP contribution in [0.25, 0.3) is 10.9 Å². The van der Waals surface area contributed by atoms with Gasteiger partial charge in [0.1, 0.15) is 6.54 Å². The number of carbonyl (C=O) groups is 1. The van der Waals surface area contributed by atoms with Crippen molar-refractivity contribution in [3.8, 4) is 0 Å². The predicted molar refractivity (Wildman–Crippen MR) is 99.8 cm³/mol. The Morgan fingerprint density at radius 1 is 1.28 bits per heavy atom. The average molecular weight is 356 g/mol. The van der Waals surface area contributed by atoms with Crippen LogP contribution in [0.3, 0.4) is 0 Å². The number of aromatic nitrogens is 2. The van der Waals surface area contributed by atoms with E-state index in [2.05, 4.69) is 21.3 Å². The zero-order valence-corrected chi connectivity index (χ0v) is 15.0. The molecule has 1 N–H and O–H groups in total. The number of carbonyl (C=O) groups excluding carboxylic acids is 1. The summed E-state index contributed by atoms with van der Waals surface area (Å²) in [5.41, 5.74) is 0.428. The van der Waals surface area contributed by atoms with Crippen LogP contribution in [0.1, 0.15) is 10.9 Å². The number of benzene rings is 1. The Morgan fingerprint density at radius 2 is 2.08 bits per heavy atom. The van der Waals surface area contributed by atoms with Gasteiger partial charge in [-0.3, -0.25) is 14.2 Å². The summed E-state index contributed by atoms with van der Waals surface area (Å²) < 4.78 is 1.34. The molecule has 0 aliphatic heterocycles. The quantitative estimate of drug-likeness (QED) is 0.732. The van der Waals surface area contributed by atoms with E-state index in [0.717, 1.165) is 0 Å². The molecule has 0 aliphatic carbocycles. The Hall–Kier alpha value is -2.51. The van der Waals surface area contributed by atoms with Crippen LogP contribution in [0.5, 0.6) is 0 Å². The molecule has 0 saturated carbocycles. The summed E-state index contributed by atoms with van der Waals surface area (Å²) in [4.78, 5) is 32.2. The van der Waals surface area contributed by atoms with Gasteiger partial charge in [0.05, 0.1) is 23.3 Å².